The minimum atomic E-state index is 0.201. The molecular formula is C23H32O2. The van der Waals surface area contributed by atoms with Crippen molar-refractivity contribution in [1.29, 1.82) is 0 Å². The van der Waals surface area contributed by atoms with Gasteiger partial charge in [0.05, 0.1) is 0 Å². The molecule has 0 saturated heterocycles. The molecule has 2 nitrogen and oxygen atoms in total. The Bertz CT molecular complexity index is 655. The van der Waals surface area contributed by atoms with Crippen LogP contribution in [0.3, 0.4) is 0 Å². The number of hydrogen-bond acceptors (Lipinski definition) is 2. The lowest BCUT2D eigenvalue weighted by Gasteiger charge is -2.52. The summed E-state index contributed by atoms with van der Waals surface area (Å²) in [6.45, 7) is 6.44. The molecule has 4 rings (SSSR count). The Kier molecular flexibility index (Phi) is 4.29. The Hall–Kier alpha value is -1.18. The van der Waals surface area contributed by atoms with Crippen molar-refractivity contribution in [2.45, 2.75) is 72.1 Å². The Morgan fingerprint density at radius 1 is 1.24 bits per heavy atom. The lowest BCUT2D eigenvalue weighted by atomic mass is 9.51. The van der Waals surface area contributed by atoms with E-state index < -0.39 is 0 Å². The van der Waals surface area contributed by atoms with E-state index in [0.717, 1.165) is 32.1 Å². The van der Waals surface area contributed by atoms with E-state index in [9.17, 15) is 9.59 Å². The number of Topliss-reactive ketones (excluding diaryl/α,β-unsaturated/α-hetero) is 1. The van der Waals surface area contributed by atoms with Crippen LogP contribution in [0.5, 0.6) is 0 Å². The average molecular weight is 341 g/mol. The molecule has 4 aliphatic rings. The smallest absolute Gasteiger partial charge is 0.156 e. The lowest BCUT2D eigenvalue weighted by molar-refractivity contribution is -0.126. The molecule has 0 aliphatic heterocycles. The second-order valence-electron chi connectivity index (χ2n) is 9.29. The van der Waals surface area contributed by atoms with Crippen molar-refractivity contribution in [3.05, 3.63) is 23.3 Å². The molecule has 6 atom stereocenters. The van der Waals surface area contributed by atoms with Crippen molar-refractivity contribution in [2.24, 2.45) is 35.0 Å². The molecule has 0 N–H and O–H groups in total. The van der Waals surface area contributed by atoms with Crippen molar-refractivity contribution in [2.75, 3.05) is 0 Å². The summed E-state index contributed by atoms with van der Waals surface area (Å²) in [5.41, 5.74) is 3.04. The highest BCUT2D eigenvalue weighted by Gasteiger charge is 2.56. The molecule has 0 aromatic rings. The Labute approximate surface area is 152 Å². The van der Waals surface area contributed by atoms with E-state index in [4.69, 9.17) is 0 Å². The highest BCUT2D eigenvalue weighted by atomic mass is 16.1. The predicted octanol–water partition coefficient (Wildman–Crippen LogP) is 5.28. The van der Waals surface area contributed by atoms with Gasteiger partial charge in [0.25, 0.3) is 0 Å². The minimum Gasteiger partial charge on any atom is -0.300 e. The minimum absolute atomic E-state index is 0.201. The van der Waals surface area contributed by atoms with Crippen molar-refractivity contribution < 1.29 is 9.59 Å². The van der Waals surface area contributed by atoms with Crippen molar-refractivity contribution in [3.63, 3.8) is 0 Å². The number of carbonyl (C=O) groups is 2. The molecule has 0 aromatic heterocycles. The van der Waals surface area contributed by atoms with Gasteiger partial charge < -0.3 is 0 Å². The van der Waals surface area contributed by atoms with E-state index in [1.807, 2.05) is 6.08 Å². The highest BCUT2D eigenvalue weighted by molar-refractivity contribution is 5.92. The first-order chi connectivity index (χ1) is 12.0. The summed E-state index contributed by atoms with van der Waals surface area (Å²) in [4.78, 5) is 24.3. The first kappa shape index (κ1) is 17.2. The van der Waals surface area contributed by atoms with Crippen LogP contribution in [0, 0.1) is 35.0 Å². The van der Waals surface area contributed by atoms with Gasteiger partial charge >= 0.3 is 0 Å². The van der Waals surface area contributed by atoms with Crippen LogP contribution in [0.15, 0.2) is 23.3 Å². The van der Waals surface area contributed by atoms with Crippen LogP contribution in [-0.4, -0.2) is 11.6 Å². The van der Waals surface area contributed by atoms with Gasteiger partial charge in [-0.25, -0.2) is 0 Å². The first-order valence-corrected chi connectivity index (χ1v) is 10.4. The molecule has 25 heavy (non-hydrogen) atoms. The predicted molar refractivity (Wildman–Crippen MR) is 100 cm³/mol. The van der Waals surface area contributed by atoms with Gasteiger partial charge in [0, 0.05) is 12.3 Å². The molecule has 0 spiro atoms. The third-order valence-electron chi connectivity index (χ3n) is 8.09. The first-order valence-electron chi connectivity index (χ1n) is 10.4. The average Bonchev–Trinajstić information content (AvgIpc) is 2.93. The number of hydrogen-bond donors (Lipinski definition) is 0. The Balaban J connectivity index is 1.74. The SMILES string of the molecule is CCCC1=CC2C(CC[C@@]3(C)C2CC[C@H]3C(C)=O)C2CCC(=O)C=C12. The van der Waals surface area contributed by atoms with Gasteiger partial charge in [0.15, 0.2) is 5.78 Å². The van der Waals surface area contributed by atoms with Gasteiger partial charge in [-0.15, -0.1) is 0 Å². The largest absolute Gasteiger partial charge is 0.300 e. The molecule has 2 fully saturated rings. The van der Waals surface area contributed by atoms with E-state index in [1.54, 1.807) is 6.92 Å². The topological polar surface area (TPSA) is 34.1 Å². The van der Waals surface area contributed by atoms with Crippen molar-refractivity contribution >= 4 is 11.6 Å². The third kappa shape index (κ3) is 2.59. The summed E-state index contributed by atoms with van der Waals surface area (Å²) in [5, 5.41) is 0. The summed E-state index contributed by atoms with van der Waals surface area (Å²) >= 11 is 0. The van der Waals surface area contributed by atoms with Crippen LogP contribution in [0.4, 0.5) is 0 Å². The molecule has 0 amide bonds. The molecule has 4 unspecified atom stereocenters. The van der Waals surface area contributed by atoms with Crippen LogP contribution in [0.1, 0.15) is 72.1 Å². The quantitative estimate of drug-likeness (QED) is 0.700. The van der Waals surface area contributed by atoms with Gasteiger partial charge in [0.2, 0.25) is 0 Å². The third-order valence-corrected chi connectivity index (χ3v) is 8.09. The number of carbonyl (C=O) groups excluding carboxylic acids is 2. The summed E-state index contributed by atoms with van der Waals surface area (Å²) < 4.78 is 0. The number of allylic oxidation sites excluding steroid dienone is 4. The maximum atomic E-state index is 12.2. The Morgan fingerprint density at radius 2 is 2.04 bits per heavy atom. The van der Waals surface area contributed by atoms with Crippen LogP contribution >= 0.6 is 0 Å². The maximum Gasteiger partial charge on any atom is 0.156 e. The van der Waals surface area contributed by atoms with Crippen LogP contribution in [-0.2, 0) is 9.59 Å². The zero-order valence-corrected chi connectivity index (χ0v) is 16.0. The highest BCUT2D eigenvalue weighted by Crippen LogP contribution is 2.63. The Morgan fingerprint density at radius 3 is 2.76 bits per heavy atom. The zero-order chi connectivity index (χ0) is 17.8. The molecule has 0 bridgehead atoms. The van der Waals surface area contributed by atoms with E-state index >= 15 is 0 Å². The van der Waals surface area contributed by atoms with Gasteiger partial charge in [-0.1, -0.05) is 26.3 Å². The van der Waals surface area contributed by atoms with E-state index in [2.05, 4.69) is 19.9 Å². The molecule has 2 heteroatoms. The zero-order valence-electron chi connectivity index (χ0n) is 16.0. The van der Waals surface area contributed by atoms with Crippen LogP contribution in [0.2, 0.25) is 0 Å². The van der Waals surface area contributed by atoms with E-state index in [0.29, 0.717) is 35.2 Å². The van der Waals surface area contributed by atoms with Gasteiger partial charge in [0.1, 0.15) is 5.78 Å². The monoisotopic (exact) mass is 340 g/mol. The van der Waals surface area contributed by atoms with Crippen molar-refractivity contribution in [3.8, 4) is 0 Å². The fourth-order valence-electron chi connectivity index (χ4n) is 7.01. The van der Waals surface area contributed by atoms with Crippen LogP contribution in [0.25, 0.3) is 0 Å². The fraction of sp³-hybridized carbons (Fsp3) is 0.739. The summed E-state index contributed by atoms with van der Waals surface area (Å²) in [5.74, 6) is 3.57. The number of ketones is 2. The van der Waals surface area contributed by atoms with E-state index in [-0.39, 0.29) is 11.3 Å². The van der Waals surface area contributed by atoms with Gasteiger partial charge in [-0.2, -0.15) is 0 Å². The van der Waals surface area contributed by atoms with Crippen molar-refractivity contribution in [1.82, 2.24) is 0 Å². The standard InChI is InChI=1S/C23H32O2/c1-4-5-15-12-20-18(17-7-6-16(25)13-19(15)17)10-11-23(3)21(14(2)24)8-9-22(20)23/h12-13,17-18,20-22H,4-11H2,1-3H3/t17?,18?,20?,21-,22?,23+/m0/s1. The molecule has 0 heterocycles. The fourth-order valence-corrected chi connectivity index (χ4v) is 7.01. The summed E-state index contributed by atoms with van der Waals surface area (Å²) in [7, 11) is 0. The molecule has 136 valence electrons. The number of fused-ring (bicyclic) bond motifs is 5. The second kappa shape index (κ2) is 6.21. The molecular weight excluding hydrogens is 308 g/mol. The molecule has 2 saturated carbocycles. The molecule has 0 radical (unpaired) electrons. The molecule has 4 aliphatic carbocycles. The lowest BCUT2D eigenvalue weighted by Crippen LogP contribution is -2.46. The summed E-state index contributed by atoms with van der Waals surface area (Å²) in [6.07, 6.45) is 13.3. The number of rotatable bonds is 3. The molecule has 0 aromatic carbocycles. The normalized spacial score (nSPS) is 42.8. The second-order valence-corrected chi connectivity index (χ2v) is 9.29. The van der Waals surface area contributed by atoms with Gasteiger partial charge in [-0.05, 0) is 91.8 Å². The van der Waals surface area contributed by atoms with Gasteiger partial charge in [-0.3, -0.25) is 9.59 Å². The van der Waals surface area contributed by atoms with Crippen LogP contribution < -0.4 is 0 Å². The summed E-state index contributed by atoms with van der Waals surface area (Å²) in [6, 6.07) is 0. The van der Waals surface area contributed by atoms with E-state index in [1.165, 1.54) is 30.4 Å². The maximum absolute atomic E-state index is 12.2.